The second-order valence-corrected chi connectivity index (χ2v) is 4.95. The highest BCUT2D eigenvalue weighted by molar-refractivity contribution is 5.98. The molecule has 1 aliphatic rings. The highest BCUT2D eigenvalue weighted by Crippen LogP contribution is 2.36. The highest BCUT2D eigenvalue weighted by atomic mass is 16.5. The molecule has 0 aromatic heterocycles. The fourth-order valence-corrected chi connectivity index (χ4v) is 2.65. The third kappa shape index (κ3) is 2.30. The number of carbonyl (C=O) groups excluding carboxylic acids is 2. The van der Waals surface area contributed by atoms with E-state index in [1.807, 2.05) is 31.2 Å². The van der Waals surface area contributed by atoms with Crippen LogP contribution in [0, 0.1) is 11.8 Å². The minimum atomic E-state index is -0.449. The van der Waals surface area contributed by atoms with E-state index in [4.69, 9.17) is 4.74 Å². The molecule has 0 N–H and O–H groups in total. The minimum Gasteiger partial charge on any atom is -0.497 e. The van der Waals surface area contributed by atoms with Crippen LogP contribution in [0.25, 0.3) is 0 Å². The molecule has 1 aromatic rings. The van der Waals surface area contributed by atoms with E-state index in [2.05, 4.69) is 0 Å². The number of rotatable bonds is 3. The first-order chi connectivity index (χ1) is 8.67. The lowest BCUT2D eigenvalue weighted by molar-refractivity contribution is -0.132. The van der Waals surface area contributed by atoms with Crippen LogP contribution in [-0.4, -0.2) is 19.2 Å². The summed E-state index contributed by atoms with van der Waals surface area (Å²) in [6.45, 7) is 1.97. The Hall–Kier alpha value is -1.64. The molecular formula is C15H18O3. The Morgan fingerprint density at radius 3 is 2.78 bits per heavy atom. The van der Waals surface area contributed by atoms with Gasteiger partial charge in [0.15, 0.2) is 5.78 Å². The van der Waals surface area contributed by atoms with Crippen LogP contribution in [0.15, 0.2) is 24.3 Å². The van der Waals surface area contributed by atoms with Crippen molar-refractivity contribution in [2.24, 2.45) is 11.8 Å². The van der Waals surface area contributed by atoms with Crippen molar-refractivity contribution in [2.45, 2.75) is 25.7 Å². The van der Waals surface area contributed by atoms with Gasteiger partial charge in [0.1, 0.15) is 12.0 Å². The first-order valence-electron chi connectivity index (χ1n) is 6.30. The molecular weight excluding hydrogens is 228 g/mol. The molecule has 96 valence electrons. The van der Waals surface area contributed by atoms with Crippen molar-refractivity contribution in [3.05, 3.63) is 29.8 Å². The molecule has 3 heteroatoms. The summed E-state index contributed by atoms with van der Waals surface area (Å²) >= 11 is 0. The van der Waals surface area contributed by atoms with Gasteiger partial charge < -0.3 is 9.53 Å². The fraction of sp³-hybridized carbons (Fsp3) is 0.467. The molecule has 1 aliphatic carbocycles. The first-order valence-corrected chi connectivity index (χ1v) is 6.30. The van der Waals surface area contributed by atoms with E-state index < -0.39 is 5.92 Å². The van der Waals surface area contributed by atoms with Gasteiger partial charge in [-0.25, -0.2) is 0 Å². The van der Waals surface area contributed by atoms with E-state index >= 15 is 0 Å². The molecule has 1 saturated carbocycles. The lowest BCUT2D eigenvalue weighted by atomic mass is 9.72. The maximum Gasteiger partial charge on any atom is 0.150 e. The maximum atomic E-state index is 12.3. The number of hydrogen-bond acceptors (Lipinski definition) is 3. The number of aldehydes is 1. The molecule has 3 atom stereocenters. The lowest BCUT2D eigenvalue weighted by Gasteiger charge is -2.30. The third-order valence-electron chi connectivity index (χ3n) is 3.84. The molecule has 1 fully saturated rings. The van der Waals surface area contributed by atoms with Crippen LogP contribution in [0.3, 0.4) is 0 Å². The second-order valence-electron chi connectivity index (χ2n) is 4.95. The average Bonchev–Trinajstić information content (AvgIpc) is 2.39. The van der Waals surface area contributed by atoms with Crippen LogP contribution in [0.4, 0.5) is 0 Å². The Labute approximate surface area is 107 Å². The van der Waals surface area contributed by atoms with Crippen molar-refractivity contribution in [2.75, 3.05) is 7.11 Å². The van der Waals surface area contributed by atoms with E-state index in [1.165, 1.54) is 0 Å². The van der Waals surface area contributed by atoms with Gasteiger partial charge in [-0.15, -0.1) is 0 Å². The largest absolute Gasteiger partial charge is 0.497 e. The number of carbonyl (C=O) groups is 2. The van der Waals surface area contributed by atoms with Crippen molar-refractivity contribution in [1.82, 2.24) is 0 Å². The van der Waals surface area contributed by atoms with Crippen LogP contribution in [0.1, 0.15) is 31.2 Å². The Morgan fingerprint density at radius 2 is 2.11 bits per heavy atom. The summed E-state index contributed by atoms with van der Waals surface area (Å²) in [6.07, 6.45) is 2.54. The number of ketones is 1. The van der Waals surface area contributed by atoms with Gasteiger partial charge in [-0.2, -0.15) is 0 Å². The number of ether oxygens (including phenoxy) is 1. The van der Waals surface area contributed by atoms with Crippen LogP contribution >= 0.6 is 0 Å². The quantitative estimate of drug-likeness (QED) is 0.608. The zero-order valence-electron chi connectivity index (χ0n) is 10.8. The molecule has 0 saturated heterocycles. The van der Waals surface area contributed by atoms with Gasteiger partial charge in [0.2, 0.25) is 0 Å². The van der Waals surface area contributed by atoms with Crippen molar-refractivity contribution in [1.29, 1.82) is 0 Å². The second kappa shape index (κ2) is 5.34. The van der Waals surface area contributed by atoms with Crippen LogP contribution in [-0.2, 0) is 9.59 Å². The van der Waals surface area contributed by atoms with Gasteiger partial charge in [0, 0.05) is 5.92 Å². The smallest absolute Gasteiger partial charge is 0.150 e. The van der Waals surface area contributed by atoms with Gasteiger partial charge in [-0.1, -0.05) is 19.1 Å². The molecule has 3 nitrogen and oxygen atoms in total. The zero-order valence-corrected chi connectivity index (χ0v) is 10.8. The Morgan fingerprint density at radius 1 is 1.33 bits per heavy atom. The minimum absolute atomic E-state index is 0.0528. The summed E-state index contributed by atoms with van der Waals surface area (Å²) in [5.41, 5.74) is 0.957. The van der Waals surface area contributed by atoms with Crippen LogP contribution in [0.2, 0.25) is 0 Å². The van der Waals surface area contributed by atoms with Crippen LogP contribution in [0.5, 0.6) is 5.75 Å². The van der Waals surface area contributed by atoms with Gasteiger partial charge in [0.05, 0.1) is 13.0 Å². The molecule has 1 aromatic carbocycles. The number of Topliss-reactive ketones (excluding diaryl/α,β-unsaturated/α-hetero) is 1. The number of hydrogen-bond donors (Lipinski definition) is 0. The monoisotopic (exact) mass is 246 g/mol. The van der Waals surface area contributed by atoms with E-state index in [-0.39, 0.29) is 17.6 Å². The summed E-state index contributed by atoms with van der Waals surface area (Å²) in [6, 6.07) is 7.56. The molecule has 0 heterocycles. The van der Waals surface area contributed by atoms with E-state index in [0.717, 1.165) is 30.4 Å². The van der Waals surface area contributed by atoms with E-state index in [9.17, 15) is 9.59 Å². The summed E-state index contributed by atoms with van der Waals surface area (Å²) < 4.78 is 5.17. The van der Waals surface area contributed by atoms with Gasteiger partial charge in [0.25, 0.3) is 0 Å². The normalized spacial score (nSPS) is 27.9. The summed E-state index contributed by atoms with van der Waals surface area (Å²) in [5, 5.41) is 0. The zero-order chi connectivity index (χ0) is 13.1. The van der Waals surface area contributed by atoms with Gasteiger partial charge >= 0.3 is 0 Å². The summed E-state index contributed by atoms with van der Waals surface area (Å²) in [4.78, 5) is 23.3. The third-order valence-corrected chi connectivity index (χ3v) is 3.84. The predicted molar refractivity (Wildman–Crippen MR) is 68.7 cm³/mol. The topological polar surface area (TPSA) is 43.4 Å². The van der Waals surface area contributed by atoms with Crippen molar-refractivity contribution in [3.63, 3.8) is 0 Å². The standard InChI is InChI=1S/C15H18O3/c1-10-6-7-13(15(17)14(10)9-16)11-4-3-5-12(8-11)18-2/h3-5,8-10,13-14H,6-7H2,1-2H3. The van der Waals surface area contributed by atoms with E-state index in [0.29, 0.717) is 0 Å². The van der Waals surface area contributed by atoms with Crippen molar-refractivity contribution >= 4 is 12.1 Å². The molecule has 0 bridgehead atoms. The Balaban J connectivity index is 2.27. The van der Waals surface area contributed by atoms with Crippen molar-refractivity contribution < 1.29 is 14.3 Å². The molecule has 0 spiro atoms. The van der Waals surface area contributed by atoms with Crippen LogP contribution < -0.4 is 4.74 Å². The Bertz CT molecular complexity index is 453. The molecule has 3 unspecified atom stereocenters. The van der Waals surface area contributed by atoms with Gasteiger partial charge in [-0.3, -0.25) is 4.79 Å². The molecule has 0 radical (unpaired) electrons. The highest BCUT2D eigenvalue weighted by Gasteiger charge is 2.36. The molecule has 2 rings (SSSR count). The predicted octanol–water partition coefficient (Wildman–Crippen LogP) is 2.59. The number of benzene rings is 1. The van der Waals surface area contributed by atoms with Crippen molar-refractivity contribution in [3.8, 4) is 5.75 Å². The lowest BCUT2D eigenvalue weighted by Crippen LogP contribution is -2.33. The summed E-state index contributed by atoms with van der Waals surface area (Å²) in [7, 11) is 1.61. The first kappa shape index (κ1) is 12.8. The van der Waals surface area contributed by atoms with Gasteiger partial charge in [-0.05, 0) is 36.5 Å². The summed E-state index contributed by atoms with van der Waals surface area (Å²) in [5.74, 6) is 0.358. The maximum absolute atomic E-state index is 12.3. The number of methoxy groups -OCH3 is 1. The molecule has 0 amide bonds. The Kier molecular flexibility index (Phi) is 3.80. The SMILES string of the molecule is COc1cccc(C2CCC(C)C(C=O)C2=O)c1. The fourth-order valence-electron chi connectivity index (χ4n) is 2.65. The molecule has 18 heavy (non-hydrogen) atoms. The molecule has 0 aliphatic heterocycles. The average molecular weight is 246 g/mol. The van der Waals surface area contributed by atoms with E-state index in [1.54, 1.807) is 7.11 Å².